The van der Waals surface area contributed by atoms with E-state index < -0.39 is 0 Å². The maximum atomic E-state index is 13.2. The summed E-state index contributed by atoms with van der Waals surface area (Å²) in [6, 6.07) is 13.3. The molecule has 4 aromatic rings. The predicted octanol–water partition coefficient (Wildman–Crippen LogP) is 4.88. The number of pyridine rings is 1. The number of anilines is 3. The second kappa shape index (κ2) is 9.02. The van der Waals surface area contributed by atoms with E-state index in [1.807, 2.05) is 19.2 Å². The number of morpholine rings is 1. The van der Waals surface area contributed by atoms with Gasteiger partial charge in [-0.1, -0.05) is 29.3 Å². The molecule has 0 bridgehead atoms. The molecule has 0 spiro atoms. The molecule has 0 atom stereocenters. The van der Waals surface area contributed by atoms with Crippen molar-refractivity contribution in [3.63, 3.8) is 0 Å². The number of rotatable bonds is 4. The van der Waals surface area contributed by atoms with Gasteiger partial charge in [-0.15, -0.1) is 0 Å². The van der Waals surface area contributed by atoms with Crippen LogP contribution < -0.4 is 15.6 Å². The first-order chi connectivity index (χ1) is 16.0. The van der Waals surface area contributed by atoms with Crippen LogP contribution in [0.1, 0.15) is 0 Å². The van der Waals surface area contributed by atoms with Crippen LogP contribution in [0.5, 0.6) is 0 Å². The van der Waals surface area contributed by atoms with E-state index in [2.05, 4.69) is 32.3 Å². The van der Waals surface area contributed by atoms with Crippen LogP contribution in [0.2, 0.25) is 10.0 Å². The van der Waals surface area contributed by atoms with Crippen LogP contribution in [0.4, 0.5) is 17.3 Å². The Bertz CT molecular complexity index is 1360. The summed E-state index contributed by atoms with van der Waals surface area (Å²) in [5.74, 6) is 0.403. The predicted molar refractivity (Wildman–Crippen MR) is 133 cm³/mol. The molecule has 7 nitrogen and oxygen atoms in total. The SMILES string of the molecule is Cn1cc(-c2c(Cl)cccc2Cl)c(=O)c2cnc(Nc3ccc(N4CCOCC4)cc3)nc21. The summed E-state index contributed by atoms with van der Waals surface area (Å²) in [6.07, 6.45) is 3.23. The molecule has 1 fully saturated rings. The molecule has 2 aromatic carbocycles. The van der Waals surface area contributed by atoms with Crippen molar-refractivity contribution in [2.45, 2.75) is 0 Å². The summed E-state index contributed by atoms with van der Waals surface area (Å²) in [5.41, 5.74) is 3.20. The number of fused-ring (bicyclic) bond motifs is 1. The molecule has 2 aromatic heterocycles. The quantitative estimate of drug-likeness (QED) is 0.447. The van der Waals surface area contributed by atoms with Crippen molar-refractivity contribution in [2.75, 3.05) is 36.5 Å². The van der Waals surface area contributed by atoms with Gasteiger partial charge in [-0.2, -0.15) is 4.98 Å². The van der Waals surface area contributed by atoms with Crippen LogP contribution in [-0.2, 0) is 11.8 Å². The molecule has 9 heteroatoms. The third-order valence-corrected chi connectivity index (χ3v) is 6.28. The van der Waals surface area contributed by atoms with Gasteiger partial charge in [0.1, 0.15) is 5.65 Å². The summed E-state index contributed by atoms with van der Waals surface area (Å²) in [6.45, 7) is 3.26. The lowest BCUT2D eigenvalue weighted by atomic mass is 10.1. The van der Waals surface area contributed by atoms with Gasteiger partial charge in [-0.25, -0.2) is 4.98 Å². The Balaban J connectivity index is 1.45. The third-order valence-electron chi connectivity index (χ3n) is 5.65. The average Bonchev–Trinajstić information content (AvgIpc) is 2.83. The van der Waals surface area contributed by atoms with Crippen LogP contribution in [-0.4, -0.2) is 40.8 Å². The molecule has 3 heterocycles. The maximum absolute atomic E-state index is 13.2. The molecule has 1 N–H and O–H groups in total. The molecular formula is C24H21Cl2N5O2. The van der Waals surface area contributed by atoms with E-state index in [4.69, 9.17) is 27.9 Å². The second-order valence-corrected chi connectivity index (χ2v) is 8.60. The molecule has 1 aliphatic rings. The molecule has 0 unspecified atom stereocenters. The molecule has 0 aliphatic carbocycles. The minimum atomic E-state index is -0.223. The van der Waals surface area contributed by atoms with Gasteiger partial charge in [0.25, 0.3) is 0 Å². The Morgan fingerprint density at radius 1 is 1.03 bits per heavy atom. The fourth-order valence-corrected chi connectivity index (χ4v) is 4.56. The zero-order valence-corrected chi connectivity index (χ0v) is 19.4. The van der Waals surface area contributed by atoms with Gasteiger partial charge in [0.15, 0.2) is 0 Å². The zero-order chi connectivity index (χ0) is 22.9. The van der Waals surface area contributed by atoms with Gasteiger partial charge in [0.2, 0.25) is 11.4 Å². The van der Waals surface area contributed by atoms with Crippen molar-refractivity contribution in [1.82, 2.24) is 14.5 Å². The Labute approximate surface area is 200 Å². The van der Waals surface area contributed by atoms with Crippen LogP contribution in [0.3, 0.4) is 0 Å². The summed E-state index contributed by atoms with van der Waals surface area (Å²) in [4.78, 5) is 24.4. The molecule has 168 valence electrons. The van der Waals surface area contributed by atoms with Gasteiger partial charge in [0.05, 0.1) is 28.6 Å². The van der Waals surface area contributed by atoms with Crippen LogP contribution in [0.15, 0.2) is 59.7 Å². The number of nitrogens with one attached hydrogen (secondary N) is 1. The van der Waals surface area contributed by atoms with Crippen molar-refractivity contribution >= 4 is 51.6 Å². The highest BCUT2D eigenvalue weighted by atomic mass is 35.5. The third kappa shape index (κ3) is 4.27. The van der Waals surface area contributed by atoms with E-state index >= 15 is 0 Å². The lowest BCUT2D eigenvalue weighted by Gasteiger charge is -2.28. The Morgan fingerprint density at radius 3 is 2.42 bits per heavy atom. The normalized spacial score (nSPS) is 14.0. The number of nitrogens with zero attached hydrogens (tertiary/aromatic N) is 4. The van der Waals surface area contributed by atoms with Crippen molar-refractivity contribution in [1.29, 1.82) is 0 Å². The molecule has 33 heavy (non-hydrogen) atoms. The van der Waals surface area contributed by atoms with Crippen molar-refractivity contribution in [3.8, 4) is 11.1 Å². The zero-order valence-electron chi connectivity index (χ0n) is 17.9. The number of hydrogen-bond donors (Lipinski definition) is 1. The fraction of sp³-hybridized carbons (Fsp3) is 0.208. The molecule has 1 aliphatic heterocycles. The Kier molecular flexibility index (Phi) is 5.93. The average molecular weight is 482 g/mol. The number of benzene rings is 2. The van der Waals surface area contributed by atoms with Gasteiger partial charge in [0, 0.05) is 55.0 Å². The van der Waals surface area contributed by atoms with E-state index in [1.54, 1.807) is 29.0 Å². The van der Waals surface area contributed by atoms with E-state index in [1.165, 1.54) is 6.20 Å². The summed E-state index contributed by atoms with van der Waals surface area (Å²) in [5, 5.41) is 4.43. The summed E-state index contributed by atoms with van der Waals surface area (Å²) in [7, 11) is 1.82. The van der Waals surface area contributed by atoms with Gasteiger partial charge in [-0.05, 0) is 36.4 Å². The van der Waals surface area contributed by atoms with Crippen LogP contribution >= 0.6 is 23.2 Å². The fourth-order valence-electron chi connectivity index (χ4n) is 3.96. The molecular weight excluding hydrogens is 461 g/mol. The van der Waals surface area contributed by atoms with Gasteiger partial charge < -0.3 is 19.5 Å². The highest BCUT2D eigenvalue weighted by Gasteiger charge is 2.17. The molecule has 0 radical (unpaired) electrons. The lowest BCUT2D eigenvalue weighted by Crippen LogP contribution is -2.36. The first-order valence-electron chi connectivity index (χ1n) is 10.5. The summed E-state index contributed by atoms with van der Waals surface area (Å²) >= 11 is 12.7. The number of aryl methyl sites for hydroxylation is 1. The number of ether oxygens (including phenoxy) is 1. The lowest BCUT2D eigenvalue weighted by molar-refractivity contribution is 0.122. The topological polar surface area (TPSA) is 72.3 Å². The first-order valence-corrected chi connectivity index (χ1v) is 11.3. The van der Waals surface area contributed by atoms with Crippen molar-refractivity contribution in [2.24, 2.45) is 7.05 Å². The first kappa shape index (κ1) is 21.7. The minimum absolute atomic E-state index is 0.223. The van der Waals surface area contributed by atoms with E-state index in [9.17, 15) is 4.79 Å². The summed E-state index contributed by atoms with van der Waals surface area (Å²) < 4.78 is 7.19. The van der Waals surface area contributed by atoms with Crippen molar-refractivity contribution < 1.29 is 4.74 Å². The standard InChI is InChI=1S/C24H21Cl2N5O2/c1-30-14-18(21-19(25)3-2-4-20(21)26)22(32)17-13-27-24(29-23(17)30)28-15-5-7-16(8-6-15)31-9-11-33-12-10-31/h2-8,13-14H,9-12H2,1H3,(H,27,28,29). The Hall–Kier alpha value is -3.13. The monoisotopic (exact) mass is 481 g/mol. The number of aromatic nitrogens is 3. The van der Waals surface area contributed by atoms with E-state index in [-0.39, 0.29) is 5.43 Å². The molecule has 0 amide bonds. The van der Waals surface area contributed by atoms with Crippen molar-refractivity contribution in [3.05, 3.63) is 75.1 Å². The molecule has 0 saturated carbocycles. The van der Waals surface area contributed by atoms with E-state index in [0.29, 0.717) is 38.2 Å². The second-order valence-electron chi connectivity index (χ2n) is 7.78. The maximum Gasteiger partial charge on any atom is 0.229 e. The Morgan fingerprint density at radius 2 is 1.73 bits per heavy atom. The minimum Gasteiger partial charge on any atom is -0.378 e. The van der Waals surface area contributed by atoms with Gasteiger partial charge in [-0.3, -0.25) is 4.79 Å². The molecule has 5 rings (SSSR count). The van der Waals surface area contributed by atoms with Gasteiger partial charge >= 0.3 is 0 Å². The smallest absolute Gasteiger partial charge is 0.229 e. The number of halogens is 2. The highest BCUT2D eigenvalue weighted by molar-refractivity contribution is 6.39. The largest absolute Gasteiger partial charge is 0.378 e. The van der Waals surface area contributed by atoms with E-state index in [0.717, 1.165) is 37.7 Å². The highest BCUT2D eigenvalue weighted by Crippen LogP contribution is 2.33. The number of hydrogen-bond acceptors (Lipinski definition) is 6. The molecule has 1 saturated heterocycles. The van der Waals surface area contributed by atoms with Crippen LogP contribution in [0, 0.1) is 0 Å². The van der Waals surface area contributed by atoms with Crippen LogP contribution in [0.25, 0.3) is 22.2 Å².